The number of carbonyl (C=O) groups excluding carboxylic acids is 2. The van der Waals surface area contributed by atoms with Gasteiger partial charge < -0.3 is 0 Å². The van der Waals surface area contributed by atoms with E-state index < -0.39 is 0 Å². The molecule has 0 atom stereocenters. The number of Topliss-reactive ketones (excluding diaryl/α,β-unsaturated/α-hetero) is 2. The Kier molecular flexibility index (Phi) is 3.89. The molecule has 0 aromatic heterocycles. The van der Waals surface area contributed by atoms with Crippen molar-refractivity contribution in [2.75, 3.05) is 5.75 Å². The van der Waals surface area contributed by atoms with Crippen molar-refractivity contribution < 1.29 is 9.59 Å². The molecule has 0 aliphatic carbocycles. The first kappa shape index (κ1) is 11.0. The minimum absolute atomic E-state index is 0.0390. The van der Waals surface area contributed by atoms with E-state index in [2.05, 4.69) is 12.6 Å². The lowest BCUT2D eigenvalue weighted by Crippen LogP contribution is -2.04. The van der Waals surface area contributed by atoms with E-state index in [-0.39, 0.29) is 17.3 Å². The second kappa shape index (κ2) is 4.96. The molecule has 0 heterocycles. The number of hydrogen-bond acceptors (Lipinski definition) is 3. The summed E-state index contributed by atoms with van der Waals surface area (Å²) in [6.07, 6.45) is 0.391. The van der Waals surface area contributed by atoms with Crippen molar-refractivity contribution in [2.45, 2.75) is 13.3 Å². The lowest BCUT2D eigenvalue weighted by Gasteiger charge is -2.00. The van der Waals surface area contributed by atoms with Crippen LogP contribution in [0.1, 0.15) is 22.8 Å². The summed E-state index contributed by atoms with van der Waals surface area (Å²) in [5.41, 5.74) is 1.60. The van der Waals surface area contributed by atoms with Crippen LogP contribution in [0.2, 0.25) is 0 Å². The second-order valence-electron chi connectivity index (χ2n) is 3.13. The Morgan fingerprint density at radius 3 is 2.21 bits per heavy atom. The molecule has 1 aromatic rings. The van der Waals surface area contributed by atoms with E-state index in [1.807, 2.05) is 0 Å². The van der Waals surface area contributed by atoms with Crippen molar-refractivity contribution in [1.82, 2.24) is 0 Å². The Morgan fingerprint density at radius 2 is 1.79 bits per heavy atom. The SMILES string of the molecule is CC(=O)c1ccc(CC(=O)CS)cc1. The maximum absolute atomic E-state index is 11.1. The maximum Gasteiger partial charge on any atom is 0.159 e. The highest BCUT2D eigenvalue weighted by Gasteiger charge is 2.02. The number of hydrogen-bond donors (Lipinski definition) is 1. The summed E-state index contributed by atoms with van der Waals surface area (Å²) in [6.45, 7) is 1.52. The van der Waals surface area contributed by atoms with E-state index in [9.17, 15) is 9.59 Å². The molecule has 2 nitrogen and oxygen atoms in total. The summed E-state index contributed by atoms with van der Waals surface area (Å²) < 4.78 is 0. The molecule has 3 heteroatoms. The normalized spacial score (nSPS) is 9.86. The molecule has 0 saturated carbocycles. The Labute approximate surface area is 88.7 Å². The highest BCUT2D eigenvalue weighted by molar-refractivity contribution is 7.81. The first-order valence-corrected chi connectivity index (χ1v) is 4.99. The van der Waals surface area contributed by atoms with Crippen molar-refractivity contribution in [1.29, 1.82) is 0 Å². The van der Waals surface area contributed by atoms with Gasteiger partial charge in [-0.2, -0.15) is 12.6 Å². The molecule has 0 aliphatic heterocycles. The van der Waals surface area contributed by atoms with Crippen LogP contribution < -0.4 is 0 Å². The van der Waals surface area contributed by atoms with Gasteiger partial charge in [0.25, 0.3) is 0 Å². The Morgan fingerprint density at radius 1 is 1.21 bits per heavy atom. The third kappa shape index (κ3) is 3.00. The number of carbonyl (C=O) groups is 2. The lowest BCUT2D eigenvalue weighted by molar-refractivity contribution is -0.115. The van der Waals surface area contributed by atoms with E-state index in [1.165, 1.54) is 6.92 Å². The zero-order valence-electron chi connectivity index (χ0n) is 7.99. The molecular formula is C11H12O2S. The van der Waals surface area contributed by atoms with Gasteiger partial charge in [0.2, 0.25) is 0 Å². The van der Waals surface area contributed by atoms with Crippen molar-refractivity contribution in [2.24, 2.45) is 0 Å². The van der Waals surface area contributed by atoms with Gasteiger partial charge in [-0.25, -0.2) is 0 Å². The molecule has 74 valence electrons. The molecule has 1 rings (SSSR count). The van der Waals surface area contributed by atoms with Gasteiger partial charge in [0.15, 0.2) is 5.78 Å². The topological polar surface area (TPSA) is 34.1 Å². The van der Waals surface area contributed by atoms with Crippen LogP contribution in [0.3, 0.4) is 0 Å². The van der Waals surface area contributed by atoms with Crippen LogP contribution in [0.5, 0.6) is 0 Å². The zero-order valence-corrected chi connectivity index (χ0v) is 8.88. The number of rotatable bonds is 4. The van der Waals surface area contributed by atoms with Crippen molar-refractivity contribution in [3.05, 3.63) is 35.4 Å². The van der Waals surface area contributed by atoms with Gasteiger partial charge in [-0.3, -0.25) is 9.59 Å². The summed E-state index contributed by atoms with van der Waals surface area (Å²) in [4.78, 5) is 22.0. The van der Waals surface area contributed by atoms with Gasteiger partial charge >= 0.3 is 0 Å². The molecule has 14 heavy (non-hydrogen) atoms. The van der Waals surface area contributed by atoms with Crippen LogP contribution >= 0.6 is 12.6 Å². The lowest BCUT2D eigenvalue weighted by atomic mass is 10.1. The highest BCUT2D eigenvalue weighted by Crippen LogP contribution is 2.06. The summed E-state index contributed by atoms with van der Waals surface area (Å²) in [5, 5.41) is 0. The van der Waals surface area contributed by atoms with Gasteiger partial charge in [-0.05, 0) is 12.5 Å². The molecule has 0 amide bonds. The molecule has 0 aliphatic rings. The molecule has 0 N–H and O–H groups in total. The predicted molar refractivity (Wildman–Crippen MR) is 59.0 cm³/mol. The quantitative estimate of drug-likeness (QED) is 0.606. The van der Waals surface area contributed by atoms with Gasteiger partial charge in [0.1, 0.15) is 5.78 Å². The van der Waals surface area contributed by atoms with Crippen LogP contribution in [0.4, 0.5) is 0 Å². The molecule has 1 aromatic carbocycles. The van der Waals surface area contributed by atoms with Gasteiger partial charge in [0, 0.05) is 17.7 Å². The fourth-order valence-electron chi connectivity index (χ4n) is 1.14. The molecular weight excluding hydrogens is 196 g/mol. The molecule has 0 unspecified atom stereocenters. The zero-order chi connectivity index (χ0) is 10.6. The van der Waals surface area contributed by atoms with Crippen LogP contribution in [0, 0.1) is 0 Å². The smallest absolute Gasteiger partial charge is 0.159 e. The van der Waals surface area contributed by atoms with E-state index in [4.69, 9.17) is 0 Å². The molecule has 0 saturated heterocycles. The average molecular weight is 208 g/mol. The standard InChI is InChI=1S/C11H12O2S/c1-8(12)10-4-2-9(3-5-10)6-11(13)7-14/h2-5,14H,6-7H2,1H3. The summed E-state index contributed by atoms with van der Waals surface area (Å²) in [6, 6.07) is 7.09. The first-order chi connectivity index (χ1) is 6.63. The minimum Gasteiger partial charge on any atom is -0.298 e. The van der Waals surface area contributed by atoms with Gasteiger partial charge in [-0.1, -0.05) is 24.3 Å². The van der Waals surface area contributed by atoms with Crippen molar-refractivity contribution in [3.63, 3.8) is 0 Å². The van der Waals surface area contributed by atoms with E-state index in [0.29, 0.717) is 12.0 Å². The van der Waals surface area contributed by atoms with E-state index in [0.717, 1.165) is 5.56 Å². The number of ketones is 2. The summed E-state index contributed by atoms with van der Waals surface area (Å²) in [5.74, 6) is 0.384. The molecule has 0 bridgehead atoms. The summed E-state index contributed by atoms with van der Waals surface area (Å²) >= 11 is 3.90. The van der Waals surface area contributed by atoms with Crippen LogP contribution in [-0.4, -0.2) is 17.3 Å². The third-order valence-corrected chi connectivity index (χ3v) is 2.29. The fraction of sp³-hybridized carbons (Fsp3) is 0.273. The van der Waals surface area contributed by atoms with E-state index >= 15 is 0 Å². The third-order valence-electron chi connectivity index (χ3n) is 1.94. The monoisotopic (exact) mass is 208 g/mol. The van der Waals surface area contributed by atoms with Gasteiger partial charge in [0.05, 0.1) is 0 Å². The van der Waals surface area contributed by atoms with Gasteiger partial charge in [-0.15, -0.1) is 0 Å². The van der Waals surface area contributed by atoms with Crippen LogP contribution in [0.25, 0.3) is 0 Å². The minimum atomic E-state index is 0.0390. The van der Waals surface area contributed by atoms with Crippen molar-refractivity contribution >= 4 is 24.2 Å². The van der Waals surface area contributed by atoms with Crippen molar-refractivity contribution in [3.8, 4) is 0 Å². The largest absolute Gasteiger partial charge is 0.298 e. The predicted octanol–water partition coefficient (Wildman–Crippen LogP) is 1.93. The summed E-state index contributed by atoms with van der Waals surface area (Å²) in [7, 11) is 0. The Bertz CT molecular complexity index is 341. The van der Waals surface area contributed by atoms with E-state index in [1.54, 1.807) is 24.3 Å². The first-order valence-electron chi connectivity index (χ1n) is 4.36. The molecule has 0 radical (unpaired) electrons. The Hall–Kier alpha value is -1.09. The fourth-order valence-corrected chi connectivity index (χ4v) is 1.25. The van der Waals surface area contributed by atoms with Crippen LogP contribution in [-0.2, 0) is 11.2 Å². The molecule has 0 spiro atoms. The van der Waals surface area contributed by atoms with Crippen LogP contribution in [0.15, 0.2) is 24.3 Å². The highest BCUT2D eigenvalue weighted by atomic mass is 32.1. The molecule has 0 fully saturated rings. The number of thiol groups is 1. The average Bonchev–Trinajstić information content (AvgIpc) is 2.18. The maximum atomic E-state index is 11.1. The number of benzene rings is 1. The Balaban J connectivity index is 2.73. The second-order valence-corrected chi connectivity index (χ2v) is 3.44.